The first-order valence-corrected chi connectivity index (χ1v) is 11.7. The van der Waals surface area contributed by atoms with E-state index < -0.39 is 18.0 Å². The van der Waals surface area contributed by atoms with Crippen LogP contribution in [0.4, 0.5) is 0 Å². The molecule has 0 heterocycles. The van der Waals surface area contributed by atoms with Gasteiger partial charge in [-0.1, -0.05) is 57.0 Å². The Labute approximate surface area is 202 Å². The summed E-state index contributed by atoms with van der Waals surface area (Å²) < 4.78 is 0. The molecule has 0 fully saturated rings. The van der Waals surface area contributed by atoms with E-state index in [4.69, 9.17) is 0 Å². The van der Waals surface area contributed by atoms with Crippen LogP contribution < -0.4 is 5.32 Å². The minimum absolute atomic E-state index is 0.253. The molecular formula is C25H38N4O5. The molecule has 9 heteroatoms. The van der Waals surface area contributed by atoms with E-state index in [9.17, 15) is 24.0 Å². The van der Waals surface area contributed by atoms with Gasteiger partial charge in [-0.3, -0.25) is 29.3 Å². The normalized spacial score (nSPS) is 12.3. The van der Waals surface area contributed by atoms with E-state index in [0.717, 1.165) is 12.0 Å². The Hall–Kier alpha value is -3.23. The highest BCUT2D eigenvalue weighted by Crippen LogP contribution is 2.17. The van der Waals surface area contributed by atoms with Gasteiger partial charge in [-0.2, -0.15) is 0 Å². The molecule has 1 N–H and O–H groups in total. The molecule has 0 saturated carbocycles. The van der Waals surface area contributed by atoms with Gasteiger partial charge < -0.3 is 14.7 Å². The summed E-state index contributed by atoms with van der Waals surface area (Å²) in [5, 5.41) is 2.06. The summed E-state index contributed by atoms with van der Waals surface area (Å²) in [6, 6.07) is 7.83. The summed E-state index contributed by atoms with van der Waals surface area (Å²) in [6.45, 7) is 5.32. The van der Waals surface area contributed by atoms with Crippen LogP contribution in [-0.4, -0.2) is 84.0 Å². The van der Waals surface area contributed by atoms with Crippen LogP contribution in [0.5, 0.6) is 0 Å². The molecule has 0 spiro atoms. The summed E-state index contributed by atoms with van der Waals surface area (Å²) in [5.74, 6) is -1.53. The molecule has 0 aliphatic rings. The lowest BCUT2D eigenvalue weighted by Gasteiger charge is -2.36. The Morgan fingerprint density at radius 3 is 2.12 bits per heavy atom. The smallest absolute Gasteiger partial charge is 0.246 e. The molecule has 5 amide bonds. The largest absolute Gasteiger partial charge is 0.334 e. The van der Waals surface area contributed by atoms with Crippen LogP contribution >= 0.6 is 0 Å². The number of benzene rings is 1. The van der Waals surface area contributed by atoms with Crippen molar-refractivity contribution in [1.29, 1.82) is 0 Å². The van der Waals surface area contributed by atoms with Crippen molar-refractivity contribution in [2.75, 3.05) is 27.2 Å². The van der Waals surface area contributed by atoms with Crippen molar-refractivity contribution in [1.82, 2.24) is 20.0 Å². The van der Waals surface area contributed by atoms with E-state index in [-0.39, 0.29) is 30.7 Å². The molecule has 0 aromatic heterocycles. The number of carbonyl (C=O) groups is 5. The van der Waals surface area contributed by atoms with E-state index >= 15 is 0 Å². The van der Waals surface area contributed by atoms with Gasteiger partial charge in [0, 0.05) is 34.0 Å². The fraction of sp³-hybridized carbons (Fsp3) is 0.560. The quantitative estimate of drug-likeness (QED) is 0.412. The number of amides is 5. The van der Waals surface area contributed by atoms with Crippen molar-refractivity contribution in [3.63, 3.8) is 0 Å². The molecular weight excluding hydrogens is 436 g/mol. The lowest BCUT2D eigenvalue weighted by atomic mass is 10.0. The first-order valence-electron chi connectivity index (χ1n) is 11.7. The SMILES string of the molecule is CCCC[C@@H](C(=O)N(CCC)CC(=O)NC=O)N(C)C(=O)[C@H](Cc1ccccc1)N(C)C(C)=O. The number of rotatable bonds is 14. The first-order chi connectivity index (χ1) is 16.2. The molecule has 1 aromatic rings. The Balaban J connectivity index is 3.24. The minimum Gasteiger partial charge on any atom is -0.334 e. The van der Waals surface area contributed by atoms with E-state index in [1.165, 1.54) is 21.6 Å². The molecule has 1 rings (SSSR count). The third-order valence-corrected chi connectivity index (χ3v) is 5.81. The molecule has 0 bridgehead atoms. The maximum Gasteiger partial charge on any atom is 0.246 e. The van der Waals surface area contributed by atoms with Crippen molar-refractivity contribution in [2.45, 2.75) is 65.0 Å². The number of carbonyl (C=O) groups excluding carboxylic acids is 5. The van der Waals surface area contributed by atoms with Crippen LogP contribution in [0, 0.1) is 0 Å². The fourth-order valence-corrected chi connectivity index (χ4v) is 3.75. The van der Waals surface area contributed by atoms with Crippen LogP contribution in [-0.2, 0) is 30.4 Å². The Bertz CT molecular complexity index is 830. The third-order valence-electron chi connectivity index (χ3n) is 5.81. The molecule has 9 nitrogen and oxygen atoms in total. The third kappa shape index (κ3) is 8.61. The Morgan fingerprint density at radius 2 is 1.59 bits per heavy atom. The second kappa shape index (κ2) is 14.8. The number of nitrogens with zero attached hydrogens (tertiary/aromatic N) is 3. The number of unbranched alkanes of at least 4 members (excludes halogenated alkanes) is 1. The molecule has 0 unspecified atom stereocenters. The molecule has 0 saturated heterocycles. The lowest BCUT2D eigenvalue weighted by Crippen LogP contribution is -2.56. The average Bonchev–Trinajstić information content (AvgIpc) is 2.82. The highest BCUT2D eigenvalue weighted by atomic mass is 16.2. The Morgan fingerprint density at radius 1 is 0.941 bits per heavy atom. The van der Waals surface area contributed by atoms with Gasteiger partial charge in [-0.15, -0.1) is 0 Å². The summed E-state index contributed by atoms with van der Waals surface area (Å²) in [6.07, 6.45) is 3.17. The highest BCUT2D eigenvalue weighted by Gasteiger charge is 2.36. The van der Waals surface area contributed by atoms with E-state index in [1.807, 2.05) is 44.2 Å². The Kier molecular flexibility index (Phi) is 12.6. The van der Waals surface area contributed by atoms with Crippen LogP contribution in [0.1, 0.15) is 52.0 Å². The van der Waals surface area contributed by atoms with Crippen LogP contribution in [0.3, 0.4) is 0 Å². The van der Waals surface area contributed by atoms with Crippen molar-refractivity contribution in [2.24, 2.45) is 0 Å². The van der Waals surface area contributed by atoms with Gasteiger partial charge in [0.25, 0.3) is 0 Å². The predicted molar refractivity (Wildman–Crippen MR) is 130 cm³/mol. The summed E-state index contributed by atoms with van der Waals surface area (Å²) in [5.41, 5.74) is 0.900. The van der Waals surface area contributed by atoms with Crippen LogP contribution in [0.25, 0.3) is 0 Å². The highest BCUT2D eigenvalue weighted by molar-refractivity contribution is 5.94. The summed E-state index contributed by atoms with van der Waals surface area (Å²) in [7, 11) is 3.15. The molecule has 188 valence electrons. The van der Waals surface area contributed by atoms with E-state index in [1.54, 1.807) is 14.1 Å². The van der Waals surface area contributed by atoms with Crippen LogP contribution in [0.2, 0.25) is 0 Å². The van der Waals surface area contributed by atoms with Gasteiger partial charge in [-0.25, -0.2) is 0 Å². The van der Waals surface area contributed by atoms with Gasteiger partial charge in [0.2, 0.25) is 30.0 Å². The van der Waals surface area contributed by atoms with Crippen LogP contribution in [0.15, 0.2) is 30.3 Å². The summed E-state index contributed by atoms with van der Waals surface area (Å²) >= 11 is 0. The van der Waals surface area contributed by atoms with Gasteiger partial charge in [0.15, 0.2) is 0 Å². The first kappa shape index (κ1) is 28.8. The maximum atomic E-state index is 13.6. The number of likely N-dealkylation sites (N-methyl/N-ethyl adjacent to an activating group) is 2. The number of hydrogen-bond acceptors (Lipinski definition) is 5. The zero-order valence-electron chi connectivity index (χ0n) is 21.0. The van der Waals surface area contributed by atoms with Gasteiger partial charge in [0.1, 0.15) is 12.1 Å². The summed E-state index contributed by atoms with van der Waals surface area (Å²) in [4.78, 5) is 66.1. The lowest BCUT2D eigenvalue weighted by molar-refractivity contribution is -0.150. The molecule has 34 heavy (non-hydrogen) atoms. The zero-order chi connectivity index (χ0) is 25.7. The molecule has 2 atom stereocenters. The average molecular weight is 475 g/mol. The van der Waals surface area contributed by atoms with E-state index in [2.05, 4.69) is 5.32 Å². The van der Waals surface area contributed by atoms with Crippen molar-refractivity contribution in [3.05, 3.63) is 35.9 Å². The van der Waals surface area contributed by atoms with Crippen molar-refractivity contribution < 1.29 is 24.0 Å². The van der Waals surface area contributed by atoms with Gasteiger partial charge >= 0.3 is 0 Å². The monoisotopic (exact) mass is 474 g/mol. The maximum absolute atomic E-state index is 13.6. The van der Waals surface area contributed by atoms with Crippen molar-refractivity contribution >= 4 is 30.0 Å². The molecule has 0 aliphatic heterocycles. The molecule has 1 aromatic carbocycles. The predicted octanol–water partition coefficient (Wildman–Crippen LogP) is 1.60. The van der Waals surface area contributed by atoms with Crippen molar-refractivity contribution in [3.8, 4) is 0 Å². The standard InChI is InChI=1S/C25H38N4O5/c1-6-8-14-21(25(34)29(15-7-2)17-23(32)26-18-30)28(5)24(33)22(27(4)19(3)31)16-20-12-10-9-11-13-20/h9-13,18,21-22H,6-8,14-17H2,1-5H3,(H,26,30,32)/t21-,22-/m0/s1. The van der Waals surface area contributed by atoms with Gasteiger partial charge in [0.05, 0.1) is 6.54 Å². The zero-order valence-corrected chi connectivity index (χ0v) is 21.0. The molecule has 0 radical (unpaired) electrons. The number of imide groups is 1. The molecule has 0 aliphatic carbocycles. The number of nitrogens with one attached hydrogen (secondary N) is 1. The second-order valence-corrected chi connectivity index (χ2v) is 8.39. The fourth-order valence-electron chi connectivity index (χ4n) is 3.75. The topological polar surface area (TPSA) is 107 Å². The minimum atomic E-state index is -0.790. The van der Waals surface area contributed by atoms with E-state index in [0.29, 0.717) is 32.2 Å². The van der Waals surface area contributed by atoms with Gasteiger partial charge in [-0.05, 0) is 18.4 Å². The second-order valence-electron chi connectivity index (χ2n) is 8.39. The number of hydrogen-bond donors (Lipinski definition) is 1.